The Bertz CT molecular complexity index is 669. The molecule has 2 aromatic rings. The van der Waals surface area contributed by atoms with Crippen molar-refractivity contribution in [2.24, 2.45) is 7.05 Å². The lowest BCUT2D eigenvalue weighted by molar-refractivity contribution is 0.198. The van der Waals surface area contributed by atoms with Crippen LogP contribution in [0.4, 0.5) is 4.79 Å². The Hall–Kier alpha value is -1.75. The van der Waals surface area contributed by atoms with Gasteiger partial charge in [0, 0.05) is 30.2 Å². The molecule has 4 nitrogen and oxygen atoms in total. The Labute approximate surface area is 127 Å². The second-order valence-electron chi connectivity index (χ2n) is 6.74. The predicted octanol–water partition coefficient (Wildman–Crippen LogP) is 3.22. The number of aromatic nitrogens is 1. The molecule has 0 saturated heterocycles. The third-order valence-corrected chi connectivity index (χ3v) is 5.40. The van der Waals surface area contributed by atoms with Gasteiger partial charge in [0.15, 0.2) is 0 Å². The fourth-order valence-electron chi connectivity index (χ4n) is 2.56. The van der Waals surface area contributed by atoms with Gasteiger partial charge in [0.05, 0.1) is 8.07 Å². The van der Waals surface area contributed by atoms with E-state index in [2.05, 4.69) is 35.6 Å². The summed E-state index contributed by atoms with van der Waals surface area (Å²) in [5, 5.41) is 5.15. The molecule has 2 rings (SSSR count). The summed E-state index contributed by atoms with van der Waals surface area (Å²) in [6, 6.07) is 6.09. The molecule has 0 unspecified atom stereocenters. The standard InChI is InChI=1S/C16H24N2O2Si/c1-11(2)17-16(19)20-14-8-7-13-12(9-10-18(13)3)15(14)21(4,5)6/h7-11H,1-6H3,(H,17,19). The largest absolute Gasteiger partial charge is 0.412 e. The lowest BCUT2D eigenvalue weighted by Gasteiger charge is -2.22. The van der Waals surface area contributed by atoms with Gasteiger partial charge in [-0.25, -0.2) is 4.79 Å². The zero-order valence-corrected chi connectivity index (χ0v) is 14.7. The second kappa shape index (κ2) is 5.56. The van der Waals surface area contributed by atoms with Crippen molar-refractivity contribution in [1.82, 2.24) is 9.88 Å². The molecule has 0 spiro atoms. The van der Waals surface area contributed by atoms with E-state index in [1.807, 2.05) is 39.2 Å². The highest BCUT2D eigenvalue weighted by molar-refractivity contribution is 6.91. The number of fused-ring (bicyclic) bond motifs is 1. The summed E-state index contributed by atoms with van der Waals surface area (Å²) in [6.45, 7) is 10.6. The van der Waals surface area contributed by atoms with E-state index in [9.17, 15) is 4.79 Å². The van der Waals surface area contributed by atoms with Crippen LogP contribution in [0.5, 0.6) is 5.75 Å². The number of carbonyl (C=O) groups excluding carboxylic acids is 1. The Balaban J connectivity index is 2.51. The minimum Gasteiger partial charge on any atom is -0.410 e. The Kier molecular flexibility index (Phi) is 4.14. The average Bonchev–Trinajstić information content (AvgIpc) is 2.68. The molecule has 114 valence electrons. The maximum atomic E-state index is 11.9. The number of nitrogens with zero attached hydrogens (tertiary/aromatic N) is 1. The van der Waals surface area contributed by atoms with Crippen LogP contribution in [0, 0.1) is 0 Å². The van der Waals surface area contributed by atoms with Crippen molar-refractivity contribution < 1.29 is 9.53 Å². The van der Waals surface area contributed by atoms with Crippen LogP contribution in [0.15, 0.2) is 24.4 Å². The van der Waals surface area contributed by atoms with Crippen molar-refractivity contribution in [3.63, 3.8) is 0 Å². The van der Waals surface area contributed by atoms with Crippen molar-refractivity contribution in [3.8, 4) is 5.75 Å². The van der Waals surface area contributed by atoms with Crippen molar-refractivity contribution in [1.29, 1.82) is 0 Å². The lowest BCUT2D eigenvalue weighted by atomic mass is 10.2. The normalized spacial score (nSPS) is 12.0. The number of hydrogen-bond donors (Lipinski definition) is 1. The van der Waals surface area contributed by atoms with Crippen LogP contribution in [-0.4, -0.2) is 24.8 Å². The first-order valence-corrected chi connectivity index (χ1v) is 10.8. The molecule has 0 saturated carbocycles. The molecular weight excluding hydrogens is 280 g/mol. The quantitative estimate of drug-likeness (QED) is 0.885. The Morgan fingerprint density at radius 3 is 2.48 bits per heavy atom. The summed E-state index contributed by atoms with van der Waals surface area (Å²) in [5.41, 5.74) is 1.17. The highest BCUT2D eigenvalue weighted by Gasteiger charge is 2.26. The summed E-state index contributed by atoms with van der Waals surface area (Å²) < 4.78 is 7.67. The Morgan fingerprint density at radius 1 is 1.24 bits per heavy atom. The van der Waals surface area contributed by atoms with Gasteiger partial charge in [0.1, 0.15) is 5.75 Å². The van der Waals surface area contributed by atoms with E-state index in [0.29, 0.717) is 5.75 Å². The summed E-state index contributed by atoms with van der Waals surface area (Å²) in [6.07, 6.45) is 1.66. The van der Waals surface area contributed by atoms with Crippen LogP contribution < -0.4 is 15.2 Å². The fourth-order valence-corrected chi connectivity index (χ4v) is 4.45. The molecule has 1 aromatic heterocycles. The summed E-state index contributed by atoms with van der Waals surface area (Å²) >= 11 is 0. The molecule has 0 aliphatic rings. The first-order valence-electron chi connectivity index (χ1n) is 7.27. The van der Waals surface area contributed by atoms with Gasteiger partial charge in [-0.1, -0.05) is 19.6 Å². The maximum absolute atomic E-state index is 11.9. The second-order valence-corrected chi connectivity index (χ2v) is 11.7. The molecule has 1 N–H and O–H groups in total. The molecule has 21 heavy (non-hydrogen) atoms. The van der Waals surface area contributed by atoms with Gasteiger partial charge in [0.2, 0.25) is 0 Å². The van der Waals surface area contributed by atoms with E-state index in [-0.39, 0.29) is 12.1 Å². The minimum absolute atomic E-state index is 0.0632. The fraction of sp³-hybridized carbons (Fsp3) is 0.438. The van der Waals surface area contributed by atoms with Gasteiger partial charge in [-0.3, -0.25) is 0 Å². The van der Waals surface area contributed by atoms with Crippen molar-refractivity contribution >= 4 is 30.3 Å². The number of hydrogen-bond acceptors (Lipinski definition) is 2. The number of amides is 1. The average molecular weight is 304 g/mol. The third kappa shape index (κ3) is 3.29. The van der Waals surface area contributed by atoms with Gasteiger partial charge >= 0.3 is 6.09 Å². The molecule has 0 bridgehead atoms. The zero-order valence-electron chi connectivity index (χ0n) is 13.7. The number of nitrogens with one attached hydrogen (secondary N) is 1. The van der Waals surface area contributed by atoms with Crippen molar-refractivity contribution in [3.05, 3.63) is 24.4 Å². The number of ether oxygens (including phenoxy) is 1. The molecule has 0 atom stereocenters. The monoisotopic (exact) mass is 304 g/mol. The van der Waals surface area contributed by atoms with E-state index < -0.39 is 8.07 Å². The van der Waals surface area contributed by atoms with E-state index in [4.69, 9.17) is 4.74 Å². The van der Waals surface area contributed by atoms with E-state index in [1.54, 1.807) is 0 Å². The van der Waals surface area contributed by atoms with Crippen LogP contribution in [0.25, 0.3) is 10.9 Å². The predicted molar refractivity (Wildman–Crippen MR) is 90.2 cm³/mol. The van der Waals surface area contributed by atoms with Gasteiger partial charge in [-0.15, -0.1) is 0 Å². The molecule has 1 heterocycles. The molecule has 0 fully saturated rings. The van der Waals surface area contributed by atoms with Crippen LogP contribution in [-0.2, 0) is 7.05 Å². The van der Waals surface area contributed by atoms with Gasteiger partial charge in [0.25, 0.3) is 0 Å². The molecular formula is C16H24N2O2Si. The number of aryl methyl sites for hydroxylation is 1. The lowest BCUT2D eigenvalue weighted by Crippen LogP contribution is -2.41. The number of benzene rings is 1. The summed E-state index contributed by atoms with van der Waals surface area (Å²) in [5.74, 6) is 0.686. The third-order valence-electron chi connectivity index (χ3n) is 3.39. The van der Waals surface area contributed by atoms with E-state index in [1.165, 1.54) is 16.1 Å². The SMILES string of the molecule is CC(C)NC(=O)Oc1ccc2c(ccn2C)c1[Si](C)(C)C. The zero-order chi connectivity index (χ0) is 15.8. The van der Waals surface area contributed by atoms with Crippen LogP contribution in [0.3, 0.4) is 0 Å². The van der Waals surface area contributed by atoms with Gasteiger partial charge in [-0.05, 0) is 37.2 Å². The molecule has 1 aromatic carbocycles. The van der Waals surface area contributed by atoms with Crippen LogP contribution in [0.1, 0.15) is 13.8 Å². The molecule has 0 aliphatic heterocycles. The molecule has 0 radical (unpaired) electrons. The van der Waals surface area contributed by atoms with Gasteiger partial charge < -0.3 is 14.6 Å². The molecule has 5 heteroatoms. The topological polar surface area (TPSA) is 43.3 Å². The van der Waals surface area contributed by atoms with Crippen molar-refractivity contribution in [2.75, 3.05) is 0 Å². The van der Waals surface area contributed by atoms with E-state index in [0.717, 1.165) is 0 Å². The summed E-state index contributed by atoms with van der Waals surface area (Å²) in [4.78, 5) is 11.9. The number of rotatable bonds is 3. The Morgan fingerprint density at radius 2 is 1.90 bits per heavy atom. The first kappa shape index (κ1) is 15.6. The summed E-state index contributed by atoms with van der Waals surface area (Å²) in [7, 11) is 0.376. The molecule has 1 amide bonds. The maximum Gasteiger partial charge on any atom is 0.412 e. The highest BCUT2D eigenvalue weighted by atomic mass is 28.3. The van der Waals surface area contributed by atoms with E-state index >= 15 is 0 Å². The van der Waals surface area contributed by atoms with Crippen LogP contribution >= 0.6 is 0 Å². The van der Waals surface area contributed by atoms with Crippen molar-refractivity contribution in [2.45, 2.75) is 39.5 Å². The van der Waals surface area contributed by atoms with Crippen LogP contribution in [0.2, 0.25) is 19.6 Å². The first-order chi connectivity index (χ1) is 9.70. The number of carbonyl (C=O) groups is 1. The smallest absolute Gasteiger partial charge is 0.410 e. The highest BCUT2D eigenvalue weighted by Crippen LogP contribution is 2.24. The molecule has 0 aliphatic carbocycles. The van der Waals surface area contributed by atoms with Gasteiger partial charge in [-0.2, -0.15) is 0 Å². The minimum atomic E-state index is -1.65.